The molecule has 4 nitrogen and oxygen atoms in total. The minimum Gasteiger partial charge on any atom is -0.339 e. The van der Waals surface area contributed by atoms with Crippen molar-refractivity contribution in [2.75, 3.05) is 18.4 Å². The fraction of sp³-hybridized carbons (Fsp3) is 0.238. The molecule has 0 atom stereocenters. The van der Waals surface area contributed by atoms with Crippen LogP contribution >= 0.6 is 34.5 Å². The fourth-order valence-electron chi connectivity index (χ4n) is 3.41. The van der Waals surface area contributed by atoms with Gasteiger partial charge in [-0.2, -0.15) is 0 Å². The second-order valence-electron chi connectivity index (χ2n) is 6.74. The molecule has 4 rings (SSSR count). The number of piperidine rings is 1. The maximum atomic E-state index is 12.9. The van der Waals surface area contributed by atoms with E-state index in [-0.39, 0.29) is 11.8 Å². The van der Waals surface area contributed by atoms with Crippen LogP contribution in [-0.2, 0) is 0 Å². The minimum absolute atomic E-state index is 0.0511. The summed E-state index contributed by atoms with van der Waals surface area (Å²) in [5, 5.41) is 4.65. The summed E-state index contributed by atoms with van der Waals surface area (Å²) in [5.41, 5.74) is 0.993. The monoisotopic (exact) mass is 432 g/mol. The number of carbonyl (C=O) groups is 2. The van der Waals surface area contributed by atoms with Gasteiger partial charge in [-0.1, -0.05) is 41.4 Å². The smallest absolute Gasteiger partial charge is 0.267 e. The van der Waals surface area contributed by atoms with Crippen molar-refractivity contribution < 1.29 is 9.59 Å². The molecule has 0 bridgehead atoms. The van der Waals surface area contributed by atoms with Gasteiger partial charge < -0.3 is 10.2 Å². The first kappa shape index (κ1) is 19.2. The molecular weight excluding hydrogens is 415 g/mol. The molecule has 2 aromatic carbocycles. The Bertz CT molecular complexity index is 1060. The van der Waals surface area contributed by atoms with E-state index in [0.717, 1.165) is 42.4 Å². The molecule has 28 heavy (non-hydrogen) atoms. The SMILES string of the molecule is O=C(Nc1ccccc1C(=O)N1CCCCC1)c1sc2cc(Cl)ccc2c1Cl. The predicted octanol–water partition coefficient (Wildman–Crippen LogP) is 6.09. The summed E-state index contributed by atoms with van der Waals surface area (Å²) in [7, 11) is 0. The Morgan fingerprint density at radius 1 is 1.00 bits per heavy atom. The molecule has 0 saturated carbocycles. The number of carbonyl (C=O) groups excluding carboxylic acids is 2. The molecule has 0 spiro atoms. The summed E-state index contributed by atoms with van der Waals surface area (Å²) in [6, 6.07) is 12.4. The molecule has 1 saturated heterocycles. The number of thiophene rings is 1. The van der Waals surface area contributed by atoms with E-state index in [4.69, 9.17) is 23.2 Å². The van der Waals surface area contributed by atoms with Crippen LogP contribution < -0.4 is 5.32 Å². The molecule has 2 amide bonds. The number of anilines is 1. The number of amides is 2. The van der Waals surface area contributed by atoms with Crippen molar-refractivity contribution in [2.24, 2.45) is 0 Å². The fourth-order valence-corrected chi connectivity index (χ4v) is 5.10. The lowest BCUT2D eigenvalue weighted by Gasteiger charge is -2.27. The quantitative estimate of drug-likeness (QED) is 0.544. The van der Waals surface area contributed by atoms with Crippen LogP contribution in [0.3, 0.4) is 0 Å². The summed E-state index contributed by atoms with van der Waals surface area (Å²) < 4.78 is 0.848. The van der Waals surface area contributed by atoms with Gasteiger partial charge in [0.2, 0.25) is 0 Å². The highest BCUT2D eigenvalue weighted by Gasteiger charge is 2.23. The van der Waals surface area contributed by atoms with Gasteiger partial charge in [-0.05, 0) is 43.5 Å². The van der Waals surface area contributed by atoms with Crippen LogP contribution in [-0.4, -0.2) is 29.8 Å². The average Bonchev–Trinajstić information content (AvgIpc) is 3.04. The third-order valence-electron chi connectivity index (χ3n) is 4.85. The lowest BCUT2D eigenvalue weighted by Crippen LogP contribution is -2.36. The minimum atomic E-state index is -0.332. The molecule has 7 heteroatoms. The van der Waals surface area contributed by atoms with Gasteiger partial charge in [-0.15, -0.1) is 11.3 Å². The molecule has 1 fully saturated rings. The number of nitrogens with one attached hydrogen (secondary N) is 1. The highest BCUT2D eigenvalue weighted by Crippen LogP contribution is 2.37. The number of rotatable bonds is 3. The van der Waals surface area contributed by atoms with Crippen LogP contribution in [0, 0.1) is 0 Å². The van der Waals surface area contributed by atoms with Crippen molar-refractivity contribution in [1.29, 1.82) is 0 Å². The molecule has 1 aliphatic rings. The average molecular weight is 433 g/mol. The van der Waals surface area contributed by atoms with Crippen molar-refractivity contribution >= 4 is 62.1 Å². The van der Waals surface area contributed by atoms with E-state index in [1.807, 2.05) is 4.90 Å². The molecule has 144 valence electrons. The zero-order valence-electron chi connectivity index (χ0n) is 15.0. The van der Waals surface area contributed by atoms with Crippen molar-refractivity contribution in [3.05, 3.63) is 63.0 Å². The van der Waals surface area contributed by atoms with Gasteiger partial charge in [0.1, 0.15) is 4.88 Å². The zero-order chi connectivity index (χ0) is 19.7. The van der Waals surface area contributed by atoms with Gasteiger partial charge >= 0.3 is 0 Å². The Balaban J connectivity index is 1.62. The van der Waals surface area contributed by atoms with Crippen LogP contribution in [0.4, 0.5) is 5.69 Å². The highest BCUT2D eigenvalue weighted by molar-refractivity contribution is 7.21. The van der Waals surface area contributed by atoms with Crippen molar-refractivity contribution in [3.63, 3.8) is 0 Å². The van der Waals surface area contributed by atoms with E-state index in [0.29, 0.717) is 26.2 Å². The predicted molar refractivity (Wildman–Crippen MR) is 116 cm³/mol. The number of nitrogens with zero attached hydrogens (tertiary/aromatic N) is 1. The van der Waals surface area contributed by atoms with Crippen LogP contribution in [0.25, 0.3) is 10.1 Å². The summed E-state index contributed by atoms with van der Waals surface area (Å²) in [4.78, 5) is 28.1. The van der Waals surface area contributed by atoms with E-state index in [2.05, 4.69) is 5.32 Å². The second-order valence-corrected chi connectivity index (χ2v) is 8.60. The lowest BCUT2D eigenvalue weighted by atomic mass is 10.1. The van der Waals surface area contributed by atoms with Crippen LogP contribution in [0.5, 0.6) is 0 Å². The number of benzene rings is 2. The summed E-state index contributed by atoms with van der Waals surface area (Å²) in [6.45, 7) is 1.51. The molecule has 0 radical (unpaired) electrons. The van der Waals surface area contributed by atoms with Crippen LogP contribution in [0.1, 0.15) is 39.3 Å². The number of fused-ring (bicyclic) bond motifs is 1. The van der Waals surface area contributed by atoms with Gasteiger partial charge in [0, 0.05) is 28.2 Å². The van der Waals surface area contributed by atoms with Gasteiger partial charge in [-0.25, -0.2) is 0 Å². The molecule has 1 N–H and O–H groups in total. The maximum absolute atomic E-state index is 12.9. The van der Waals surface area contributed by atoms with E-state index in [9.17, 15) is 9.59 Å². The molecule has 3 aromatic rings. The number of halogens is 2. The van der Waals surface area contributed by atoms with E-state index < -0.39 is 0 Å². The molecule has 2 heterocycles. The molecule has 1 aliphatic heterocycles. The first-order valence-electron chi connectivity index (χ1n) is 9.12. The normalized spacial score (nSPS) is 14.3. The van der Waals surface area contributed by atoms with Gasteiger partial charge in [0.25, 0.3) is 11.8 Å². The third-order valence-corrected chi connectivity index (χ3v) is 6.74. The van der Waals surface area contributed by atoms with E-state index in [1.54, 1.807) is 42.5 Å². The zero-order valence-corrected chi connectivity index (χ0v) is 17.3. The van der Waals surface area contributed by atoms with E-state index in [1.165, 1.54) is 11.3 Å². The molecular formula is C21H18Cl2N2O2S. The third kappa shape index (κ3) is 3.75. The van der Waals surface area contributed by atoms with Crippen molar-refractivity contribution in [1.82, 2.24) is 4.90 Å². The Hall–Kier alpha value is -2.08. The topological polar surface area (TPSA) is 49.4 Å². The molecule has 1 aromatic heterocycles. The highest BCUT2D eigenvalue weighted by atomic mass is 35.5. The maximum Gasteiger partial charge on any atom is 0.267 e. The summed E-state index contributed by atoms with van der Waals surface area (Å²) in [5.74, 6) is -0.383. The van der Waals surface area contributed by atoms with Gasteiger partial charge in [-0.3, -0.25) is 9.59 Å². The first-order valence-corrected chi connectivity index (χ1v) is 10.7. The van der Waals surface area contributed by atoms with Crippen LogP contribution in [0.15, 0.2) is 42.5 Å². The number of likely N-dealkylation sites (tertiary alicyclic amines) is 1. The van der Waals surface area contributed by atoms with Crippen molar-refractivity contribution in [2.45, 2.75) is 19.3 Å². The van der Waals surface area contributed by atoms with Crippen LogP contribution in [0.2, 0.25) is 10.0 Å². The summed E-state index contributed by atoms with van der Waals surface area (Å²) >= 11 is 13.7. The Morgan fingerprint density at radius 3 is 2.54 bits per heavy atom. The molecule has 0 aliphatic carbocycles. The largest absolute Gasteiger partial charge is 0.339 e. The summed E-state index contributed by atoms with van der Waals surface area (Å²) in [6.07, 6.45) is 3.18. The Kier molecular flexibility index (Phi) is 5.58. The van der Waals surface area contributed by atoms with E-state index >= 15 is 0 Å². The van der Waals surface area contributed by atoms with Crippen molar-refractivity contribution in [3.8, 4) is 0 Å². The molecule has 0 unspecified atom stereocenters. The Morgan fingerprint density at radius 2 is 1.75 bits per heavy atom. The standard InChI is InChI=1S/C21H18Cl2N2O2S/c22-13-8-9-15-17(12-13)28-19(18(15)23)20(26)24-16-7-3-2-6-14(16)21(27)25-10-4-1-5-11-25/h2-3,6-9,12H,1,4-5,10-11H2,(H,24,26). The van der Waals surface area contributed by atoms with Gasteiger partial charge in [0.15, 0.2) is 0 Å². The number of para-hydroxylation sites is 1. The number of hydrogen-bond donors (Lipinski definition) is 1. The van der Waals surface area contributed by atoms with Gasteiger partial charge in [0.05, 0.1) is 16.3 Å². The second kappa shape index (κ2) is 8.11. The lowest BCUT2D eigenvalue weighted by molar-refractivity contribution is 0.0725. The number of hydrogen-bond acceptors (Lipinski definition) is 3. The Labute approximate surface area is 177 Å². The first-order chi connectivity index (χ1) is 13.5.